The first-order valence-corrected chi connectivity index (χ1v) is 4.70. The molecule has 0 aromatic heterocycles. The van der Waals surface area contributed by atoms with Gasteiger partial charge >= 0.3 is 0 Å². The Hall–Kier alpha value is -0.280. The zero-order chi connectivity index (χ0) is 12.1. The van der Waals surface area contributed by atoms with Crippen molar-refractivity contribution < 1.29 is 35.7 Å². The van der Waals surface area contributed by atoms with Crippen molar-refractivity contribution in [1.29, 1.82) is 0 Å². The fourth-order valence-electron chi connectivity index (χ4n) is 1.71. The lowest BCUT2D eigenvalue weighted by Gasteiger charge is -2.56. The van der Waals surface area contributed by atoms with E-state index in [-0.39, 0.29) is 5.48 Å². The molecule has 0 aromatic carbocycles. The molecule has 1 aliphatic heterocycles. The average Bonchev–Trinajstić information content (AvgIpc) is 2.10. The summed E-state index contributed by atoms with van der Waals surface area (Å²) < 4.78 is 4.85. The molecule has 1 fully saturated rings. The van der Waals surface area contributed by atoms with Crippen LogP contribution in [0.15, 0.2) is 0 Å². The minimum Gasteiger partial charge on any atom is -0.412 e. The SMILES string of the molecule is CC1(O)[C@H](O)OC(CO)[C@@](C)(O)C1(C)O.O. The van der Waals surface area contributed by atoms with Crippen LogP contribution in [0.4, 0.5) is 0 Å². The van der Waals surface area contributed by atoms with E-state index < -0.39 is 35.8 Å². The number of aliphatic hydroxyl groups excluding tert-OH is 2. The molecule has 7 N–H and O–H groups in total. The lowest BCUT2D eigenvalue weighted by Crippen LogP contribution is -2.77. The first-order chi connectivity index (χ1) is 6.59. The molecule has 16 heavy (non-hydrogen) atoms. The van der Waals surface area contributed by atoms with Crippen molar-refractivity contribution in [3.8, 4) is 0 Å². The van der Waals surface area contributed by atoms with E-state index in [0.29, 0.717) is 0 Å². The quantitative estimate of drug-likeness (QED) is 0.333. The number of hydrogen-bond donors (Lipinski definition) is 5. The van der Waals surface area contributed by atoms with Gasteiger partial charge in [-0.05, 0) is 20.8 Å². The van der Waals surface area contributed by atoms with Crippen LogP contribution in [0, 0.1) is 0 Å². The van der Waals surface area contributed by atoms with Gasteiger partial charge in [-0.15, -0.1) is 0 Å². The predicted octanol–water partition coefficient (Wildman–Crippen LogP) is -2.88. The lowest BCUT2D eigenvalue weighted by atomic mass is 9.68. The Morgan fingerprint density at radius 2 is 1.50 bits per heavy atom. The van der Waals surface area contributed by atoms with Gasteiger partial charge in [0.1, 0.15) is 22.9 Å². The summed E-state index contributed by atoms with van der Waals surface area (Å²) >= 11 is 0. The summed E-state index contributed by atoms with van der Waals surface area (Å²) in [7, 11) is 0. The topological polar surface area (TPSA) is 142 Å². The summed E-state index contributed by atoms with van der Waals surface area (Å²) in [6.45, 7) is 2.99. The third-order valence-electron chi connectivity index (χ3n) is 3.54. The highest BCUT2D eigenvalue weighted by atomic mass is 16.6. The Kier molecular flexibility index (Phi) is 4.12. The summed E-state index contributed by atoms with van der Waals surface area (Å²) in [6.07, 6.45) is -2.84. The second-order valence-corrected chi connectivity index (χ2v) is 4.53. The van der Waals surface area contributed by atoms with Crippen LogP contribution in [-0.2, 0) is 4.74 Å². The van der Waals surface area contributed by atoms with Gasteiger partial charge in [0.2, 0.25) is 0 Å². The van der Waals surface area contributed by atoms with E-state index in [1.54, 1.807) is 0 Å². The van der Waals surface area contributed by atoms with Crippen LogP contribution < -0.4 is 0 Å². The van der Waals surface area contributed by atoms with Crippen LogP contribution in [0.1, 0.15) is 20.8 Å². The number of aliphatic hydroxyl groups is 5. The Balaban J connectivity index is 0.00000225. The van der Waals surface area contributed by atoms with E-state index in [0.717, 1.165) is 6.92 Å². The predicted molar refractivity (Wildman–Crippen MR) is 53.5 cm³/mol. The smallest absolute Gasteiger partial charge is 0.187 e. The summed E-state index contributed by atoms with van der Waals surface area (Å²) in [5.74, 6) is 0. The van der Waals surface area contributed by atoms with Crippen LogP contribution in [0.2, 0.25) is 0 Å². The maximum atomic E-state index is 10.1. The second-order valence-electron chi connectivity index (χ2n) is 4.53. The molecule has 7 nitrogen and oxygen atoms in total. The molecule has 98 valence electrons. The van der Waals surface area contributed by atoms with Crippen molar-refractivity contribution in [1.82, 2.24) is 0 Å². The van der Waals surface area contributed by atoms with E-state index in [1.807, 2.05) is 0 Å². The van der Waals surface area contributed by atoms with Gasteiger partial charge in [0, 0.05) is 0 Å². The van der Waals surface area contributed by atoms with Gasteiger partial charge in [-0.1, -0.05) is 0 Å². The van der Waals surface area contributed by atoms with Gasteiger partial charge < -0.3 is 35.7 Å². The molecule has 7 heteroatoms. The maximum absolute atomic E-state index is 10.1. The average molecular weight is 240 g/mol. The van der Waals surface area contributed by atoms with Crippen molar-refractivity contribution in [2.24, 2.45) is 0 Å². The Morgan fingerprint density at radius 1 is 1.06 bits per heavy atom. The van der Waals surface area contributed by atoms with Crippen molar-refractivity contribution in [2.75, 3.05) is 6.61 Å². The summed E-state index contributed by atoms with van der Waals surface area (Å²) in [5, 5.41) is 48.3. The molecule has 1 saturated heterocycles. The van der Waals surface area contributed by atoms with Crippen LogP contribution in [0.25, 0.3) is 0 Å². The summed E-state index contributed by atoms with van der Waals surface area (Å²) in [5.41, 5.74) is -5.91. The molecule has 3 unspecified atom stereocenters. The van der Waals surface area contributed by atoms with Crippen molar-refractivity contribution in [3.63, 3.8) is 0 Å². The van der Waals surface area contributed by atoms with Gasteiger partial charge in [0.05, 0.1) is 6.61 Å². The van der Waals surface area contributed by atoms with Crippen LogP contribution >= 0.6 is 0 Å². The van der Waals surface area contributed by atoms with Gasteiger partial charge in [-0.3, -0.25) is 0 Å². The van der Waals surface area contributed by atoms with E-state index >= 15 is 0 Å². The van der Waals surface area contributed by atoms with Crippen LogP contribution in [0.3, 0.4) is 0 Å². The molecule has 0 amide bonds. The van der Waals surface area contributed by atoms with Crippen molar-refractivity contribution >= 4 is 0 Å². The highest BCUT2D eigenvalue weighted by molar-refractivity contribution is 5.13. The minimum absolute atomic E-state index is 0. The fraction of sp³-hybridized carbons (Fsp3) is 1.00. The van der Waals surface area contributed by atoms with E-state index in [2.05, 4.69) is 0 Å². The summed E-state index contributed by atoms with van der Waals surface area (Å²) in [4.78, 5) is 0. The van der Waals surface area contributed by atoms with Crippen molar-refractivity contribution in [3.05, 3.63) is 0 Å². The van der Waals surface area contributed by atoms with Gasteiger partial charge in [0.15, 0.2) is 6.29 Å². The molecular weight excluding hydrogens is 220 g/mol. The first-order valence-electron chi connectivity index (χ1n) is 4.70. The number of rotatable bonds is 1. The monoisotopic (exact) mass is 240 g/mol. The third-order valence-corrected chi connectivity index (χ3v) is 3.54. The Labute approximate surface area is 93.2 Å². The molecule has 1 aliphatic rings. The largest absolute Gasteiger partial charge is 0.412 e. The lowest BCUT2D eigenvalue weighted by molar-refractivity contribution is -0.382. The standard InChI is InChI=1S/C9H18O6.H2O/c1-7(12)5(4-10)15-6(11)8(2,13)9(7,3)14;/h5-6,10-14H,4H2,1-3H3;1H2/t5?,6-,7-,8?,9?;/m1./s1. The minimum atomic E-state index is -2.03. The molecule has 1 heterocycles. The molecule has 0 radical (unpaired) electrons. The van der Waals surface area contributed by atoms with E-state index in [4.69, 9.17) is 9.84 Å². The zero-order valence-electron chi connectivity index (χ0n) is 9.51. The Morgan fingerprint density at radius 3 is 1.88 bits per heavy atom. The van der Waals surface area contributed by atoms with Gasteiger partial charge in [-0.25, -0.2) is 0 Å². The molecule has 0 aromatic rings. The molecule has 5 atom stereocenters. The zero-order valence-corrected chi connectivity index (χ0v) is 9.51. The van der Waals surface area contributed by atoms with Crippen molar-refractivity contribution in [2.45, 2.75) is 50.0 Å². The highest BCUT2D eigenvalue weighted by Crippen LogP contribution is 2.43. The van der Waals surface area contributed by atoms with E-state index in [9.17, 15) is 20.4 Å². The van der Waals surface area contributed by atoms with Crippen LogP contribution in [0.5, 0.6) is 0 Å². The highest BCUT2D eigenvalue weighted by Gasteiger charge is 2.65. The molecule has 1 rings (SSSR count). The molecule has 0 bridgehead atoms. The molecule has 0 spiro atoms. The Bertz CT molecular complexity index is 248. The molecule has 0 aliphatic carbocycles. The second kappa shape index (κ2) is 4.19. The van der Waals surface area contributed by atoms with E-state index in [1.165, 1.54) is 13.8 Å². The maximum Gasteiger partial charge on any atom is 0.187 e. The summed E-state index contributed by atoms with van der Waals surface area (Å²) in [6, 6.07) is 0. The number of hydrogen-bond acceptors (Lipinski definition) is 6. The first kappa shape index (κ1) is 15.7. The van der Waals surface area contributed by atoms with Gasteiger partial charge in [0.25, 0.3) is 0 Å². The fourth-order valence-corrected chi connectivity index (χ4v) is 1.71. The van der Waals surface area contributed by atoms with Crippen LogP contribution in [-0.4, -0.2) is 66.8 Å². The normalized spacial score (nSPS) is 53.2. The number of ether oxygens (including phenoxy) is 1. The molecular formula is C9H20O7. The van der Waals surface area contributed by atoms with Gasteiger partial charge in [-0.2, -0.15) is 0 Å². The third kappa shape index (κ3) is 1.74. The molecule has 0 saturated carbocycles.